The fourth-order valence-electron chi connectivity index (χ4n) is 3.44. The van der Waals surface area contributed by atoms with Crippen molar-refractivity contribution in [2.24, 2.45) is 10.9 Å². The van der Waals surface area contributed by atoms with Crippen molar-refractivity contribution in [1.82, 2.24) is 0 Å². The summed E-state index contributed by atoms with van der Waals surface area (Å²) >= 11 is 1.60. The van der Waals surface area contributed by atoms with Gasteiger partial charge in [-0.25, -0.2) is 13.6 Å². The summed E-state index contributed by atoms with van der Waals surface area (Å²) < 4.78 is 40.6. The Bertz CT molecular complexity index is 944. The summed E-state index contributed by atoms with van der Waals surface area (Å²) in [5.74, 6) is -1.72. The number of aliphatic imine (C=N–C) groups is 1. The Labute approximate surface area is 206 Å². The first kappa shape index (κ1) is 27.8. The third-order valence-corrected chi connectivity index (χ3v) is 6.04. The minimum absolute atomic E-state index is 0.164. The molecule has 1 fully saturated rings. The fourth-order valence-corrected chi connectivity index (χ4v) is 3.85. The number of benzene rings is 2. The van der Waals surface area contributed by atoms with Gasteiger partial charge in [-0.1, -0.05) is 32.4 Å². The van der Waals surface area contributed by atoms with Gasteiger partial charge in [0, 0.05) is 17.5 Å². The zero-order valence-corrected chi connectivity index (χ0v) is 21.7. The van der Waals surface area contributed by atoms with Crippen molar-refractivity contribution in [3.63, 3.8) is 0 Å². The number of ether oxygens (including phenoxy) is 2. The molecule has 0 saturated heterocycles. The van der Waals surface area contributed by atoms with E-state index >= 15 is 0 Å². The maximum atomic E-state index is 14.8. The highest BCUT2D eigenvalue weighted by Crippen LogP contribution is 2.36. The van der Waals surface area contributed by atoms with Gasteiger partial charge >= 0.3 is 6.09 Å². The van der Waals surface area contributed by atoms with Gasteiger partial charge in [-0.2, -0.15) is 4.99 Å². The maximum Gasteiger partial charge on any atom is 0.433 e. The van der Waals surface area contributed by atoms with Crippen LogP contribution in [0.3, 0.4) is 0 Å². The molecule has 1 unspecified atom stereocenters. The molecule has 0 heterocycles. The van der Waals surface area contributed by atoms with Crippen LogP contribution in [0.25, 0.3) is 11.1 Å². The molecule has 1 atom stereocenters. The zero-order chi connectivity index (χ0) is 25.3. The molecule has 1 aliphatic rings. The zero-order valence-electron chi connectivity index (χ0n) is 20.9. The second-order valence-corrected chi connectivity index (χ2v) is 9.75. The lowest BCUT2D eigenvalue weighted by Gasteiger charge is -2.33. The van der Waals surface area contributed by atoms with E-state index in [0.29, 0.717) is 5.56 Å². The third kappa shape index (κ3) is 8.12. The molecular weight excluding hydrogens is 456 g/mol. The van der Waals surface area contributed by atoms with E-state index in [1.54, 1.807) is 32.5 Å². The summed E-state index contributed by atoms with van der Waals surface area (Å²) in [7, 11) is 0. The second-order valence-electron chi connectivity index (χ2n) is 8.87. The van der Waals surface area contributed by atoms with Crippen LogP contribution in [0.4, 0.5) is 13.6 Å². The van der Waals surface area contributed by atoms with Crippen LogP contribution in [-0.4, -0.2) is 30.3 Å². The van der Waals surface area contributed by atoms with Crippen molar-refractivity contribution >= 4 is 24.1 Å². The van der Waals surface area contributed by atoms with Gasteiger partial charge in [0.1, 0.15) is 11.7 Å². The number of carbonyl (C=O) groups is 1. The molecule has 0 aliphatic heterocycles. The first-order chi connectivity index (χ1) is 16.2. The summed E-state index contributed by atoms with van der Waals surface area (Å²) in [4.78, 5) is 16.7. The van der Waals surface area contributed by atoms with E-state index in [0.717, 1.165) is 29.7 Å². The van der Waals surface area contributed by atoms with Crippen molar-refractivity contribution in [2.45, 2.75) is 76.9 Å². The predicted octanol–water partition coefficient (Wildman–Crippen LogP) is 8.32. The van der Waals surface area contributed by atoms with Gasteiger partial charge in [-0.3, -0.25) is 0 Å². The van der Waals surface area contributed by atoms with Crippen molar-refractivity contribution in [3.8, 4) is 16.9 Å². The Balaban J connectivity index is 0.00000199. The Hall–Kier alpha value is -2.41. The van der Waals surface area contributed by atoms with Gasteiger partial charge in [0.15, 0.2) is 17.4 Å². The molecule has 1 saturated carbocycles. The first-order valence-electron chi connectivity index (χ1n) is 11.7. The van der Waals surface area contributed by atoms with E-state index in [9.17, 15) is 13.6 Å². The van der Waals surface area contributed by atoms with Gasteiger partial charge < -0.3 is 9.47 Å². The molecule has 0 N–H and O–H groups in total. The smallest absolute Gasteiger partial charge is 0.433 e. The van der Waals surface area contributed by atoms with Crippen LogP contribution in [0.15, 0.2) is 46.3 Å². The lowest BCUT2D eigenvalue weighted by molar-refractivity contribution is 0.0602. The third-order valence-electron chi connectivity index (χ3n) is 5.29. The standard InChI is InChI=1S/C25H29F2NO3S.C2H6/c1-25(2,3)31-24(29)28-13-12-22(17-6-5-7-17)30-23-20(26)14-18(15-21(23)27)16-8-10-19(32-4)11-9-16;1-2/h8-11,13-15,17,22H,5-7,12H2,1-4H3;1-2H3. The second kappa shape index (κ2) is 12.9. The van der Waals surface area contributed by atoms with Crippen molar-refractivity contribution in [2.75, 3.05) is 6.26 Å². The molecule has 1 amide bonds. The molecule has 186 valence electrons. The summed E-state index contributed by atoms with van der Waals surface area (Å²) in [5, 5.41) is 0. The van der Waals surface area contributed by atoms with E-state index < -0.39 is 35.2 Å². The van der Waals surface area contributed by atoms with E-state index in [1.807, 2.05) is 44.4 Å². The van der Waals surface area contributed by atoms with E-state index in [-0.39, 0.29) is 12.3 Å². The average molecular weight is 492 g/mol. The highest BCUT2D eigenvalue weighted by atomic mass is 32.2. The molecular formula is C27H35F2NO3S. The highest BCUT2D eigenvalue weighted by molar-refractivity contribution is 7.98. The van der Waals surface area contributed by atoms with Crippen LogP contribution in [-0.2, 0) is 4.74 Å². The van der Waals surface area contributed by atoms with Gasteiger partial charge in [-0.15, -0.1) is 11.8 Å². The number of amides is 1. The largest absolute Gasteiger partial charge is 0.484 e. The number of hydrogen-bond donors (Lipinski definition) is 0. The normalized spacial score (nSPS) is 14.7. The molecule has 1 aliphatic carbocycles. The summed E-state index contributed by atoms with van der Waals surface area (Å²) in [6, 6.07) is 10.1. The van der Waals surface area contributed by atoms with Crippen molar-refractivity contribution < 1.29 is 23.0 Å². The molecule has 34 heavy (non-hydrogen) atoms. The summed E-state index contributed by atoms with van der Waals surface area (Å²) in [5.41, 5.74) is 0.543. The number of carbonyl (C=O) groups excluding carboxylic acids is 1. The van der Waals surface area contributed by atoms with Crippen LogP contribution in [0.5, 0.6) is 5.75 Å². The van der Waals surface area contributed by atoms with Gasteiger partial charge in [0.25, 0.3) is 0 Å². The summed E-state index contributed by atoms with van der Waals surface area (Å²) in [6.07, 6.45) is 5.35. The number of halogens is 2. The Morgan fingerprint density at radius 2 is 1.71 bits per heavy atom. The first-order valence-corrected chi connectivity index (χ1v) is 12.9. The Morgan fingerprint density at radius 3 is 2.18 bits per heavy atom. The van der Waals surface area contributed by atoms with Crippen LogP contribution in [0.1, 0.15) is 60.3 Å². The molecule has 0 radical (unpaired) electrons. The highest BCUT2D eigenvalue weighted by Gasteiger charge is 2.30. The van der Waals surface area contributed by atoms with Crippen LogP contribution in [0, 0.1) is 17.6 Å². The molecule has 7 heteroatoms. The van der Waals surface area contributed by atoms with E-state index in [1.165, 1.54) is 18.3 Å². The summed E-state index contributed by atoms with van der Waals surface area (Å²) in [6.45, 7) is 9.27. The fraction of sp³-hybridized carbons (Fsp3) is 0.481. The van der Waals surface area contributed by atoms with Crippen molar-refractivity contribution in [1.29, 1.82) is 0 Å². The molecule has 3 rings (SSSR count). The Kier molecular flexibility index (Phi) is 10.5. The SMILES string of the molecule is CC.CSc1ccc(-c2cc(F)c(OC(CC=NC(=O)OC(C)(C)C)C3CCC3)c(F)c2)cc1. The van der Waals surface area contributed by atoms with E-state index in [2.05, 4.69) is 4.99 Å². The molecule has 0 aromatic heterocycles. The molecule has 0 spiro atoms. The average Bonchev–Trinajstić information content (AvgIpc) is 2.75. The van der Waals surface area contributed by atoms with Crippen LogP contribution in [0.2, 0.25) is 0 Å². The number of thioether (sulfide) groups is 1. The maximum absolute atomic E-state index is 14.8. The monoisotopic (exact) mass is 491 g/mol. The van der Waals surface area contributed by atoms with Crippen LogP contribution >= 0.6 is 11.8 Å². The Morgan fingerprint density at radius 1 is 1.12 bits per heavy atom. The molecule has 2 aromatic rings. The number of hydrogen-bond acceptors (Lipinski definition) is 4. The molecule has 0 bridgehead atoms. The predicted molar refractivity (Wildman–Crippen MR) is 136 cm³/mol. The lowest BCUT2D eigenvalue weighted by Crippen LogP contribution is -2.33. The topological polar surface area (TPSA) is 47.9 Å². The number of rotatable bonds is 7. The number of nitrogens with zero attached hydrogens (tertiary/aromatic N) is 1. The molecule has 4 nitrogen and oxygen atoms in total. The minimum atomic E-state index is -0.748. The minimum Gasteiger partial charge on any atom is -0.484 e. The van der Waals surface area contributed by atoms with Gasteiger partial charge in [-0.05, 0) is 81.2 Å². The molecule has 2 aromatic carbocycles. The quantitative estimate of drug-likeness (QED) is 0.289. The van der Waals surface area contributed by atoms with E-state index in [4.69, 9.17) is 9.47 Å². The van der Waals surface area contributed by atoms with Gasteiger partial charge in [0.05, 0.1) is 0 Å². The van der Waals surface area contributed by atoms with Gasteiger partial charge in [0.2, 0.25) is 0 Å². The van der Waals surface area contributed by atoms with Crippen LogP contribution < -0.4 is 4.74 Å². The van der Waals surface area contributed by atoms with Crippen molar-refractivity contribution in [3.05, 3.63) is 48.0 Å². The lowest BCUT2D eigenvalue weighted by atomic mass is 9.80.